The van der Waals surface area contributed by atoms with E-state index in [1.54, 1.807) is 0 Å². The summed E-state index contributed by atoms with van der Waals surface area (Å²) < 4.78 is 6.14. The van der Waals surface area contributed by atoms with Crippen LogP contribution in [0.1, 0.15) is 93.9 Å². The molecule has 0 aromatic carbocycles. The minimum absolute atomic E-state index is 0.137. The molecular weight excluding hydrogens is 332 g/mol. The fourth-order valence-electron chi connectivity index (χ4n) is 6.58. The third-order valence-electron chi connectivity index (χ3n) is 9.28. The Balaban J connectivity index is 0.000000307. The summed E-state index contributed by atoms with van der Waals surface area (Å²) in [6.45, 7) is 18.2. The number of hydrogen-bond donors (Lipinski definition) is 0. The fourth-order valence-corrected chi connectivity index (χ4v) is 6.58. The number of carbonyl (C=O) groups excluding carboxylic acids is 1. The van der Waals surface area contributed by atoms with E-state index < -0.39 is 0 Å². The standard InChI is InChI=1S/C19H30O2.C6H14/c1-10-11(2)16-8-15(10)9-19(16,4)18(20)21-17-12(3)13-5-6-14(17)7-13;1-5-6(2,3)4/h10-17H,5-9H2,1-4H3;5H2,1-4H3. The molecule has 0 saturated heterocycles. The normalized spacial score (nSPS) is 47.7. The largest absolute Gasteiger partial charge is 0.461 e. The molecule has 4 rings (SSSR count). The molecule has 9 atom stereocenters. The van der Waals surface area contributed by atoms with Crippen LogP contribution in [0.15, 0.2) is 0 Å². The smallest absolute Gasteiger partial charge is 0.312 e. The van der Waals surface area contributed by atoms with Crippen molar-refractivity contribution in [3.05, 3.63) is 0 Å². The molecule has 4 fully saturated rings. The first-order chi connectivity index (χ1) is 12.5. The highest BCUT2D eigenvalue weighted by atomic mass is 16.5. The first-order valence-electron chi connectivity index (χ1n) is 11.7. The van der Waals surface area contributed by atoms with Crippen molar-refractivity contribution < 1.29 is 9.53 Å². The van der Waals surface area contributed by atoms with Crippen molar-refractivity contribution in [2.75, 3.05) is 0 Å². The van der Waals surface area contributed by atoms with E-state index in [2.05, 4.69) is 55.4 Å². The third-order valence-corrected chi connectivity index (χ3v) is 9.28. The molecule has 0 aliphatic heterocycles. The Morgan fingerprint density at radius 2 is 1.56 bits per heavy atom. The van der Waals surface area contributed by atoms with Gasteiger partial charge in [-0.1, -0.05) is 54.9 Å². The number of carbonyl (C=O) groups is 1. The van der Waals surface area contributed by atoms with Gasteiger partial charge in [0.1, 0.15) is 6.10 Å². The van der Waals surface area contributed by atoms with Gasteiger partial charge in [-0.25, -0.2) is 0 Å². The summed E-state index contributed by atoms with van der Waals surface area (Å²) in [5, 5.41) is 0. The molecule has 4 saturated carbocycles. The highest BCUT2D eigenvalue weighted by Gasteiger charge is 2.60. The van der Waals surface area contributed by atoms with Crippen LogP contribution < -0.4 is 0 Å². The summed E-state index contributed by atoms with van der Waals surface area (Å²) >= 11 is 0. The summed E-state index contributed by atoms with van der Waals surface area (Å²) in [5.41, 5.74) is 0.345. The molecule has 2 nitrogen and oxygen atoms in total. The van der Waals surface area contributed by atoms with Gasteiger partial charge in [-0.3, -0.25) is 4.79 Å². The Bertz CT molecular complexity index is 543. The Morgan fingerprint density at radius 1 is 0.963 bits per heavy atom. The van der Waals surface area contributed by atoms with Crippen LogP contribution in [0.25, 0.3) is 0 Å². The molecular formula is C25H44O2. The molecule has 4 aliphatic carbocycles. The third kappa shape index (κ3) is 3.84. The maximum atomic E-state index is 13.0. The molecule has 27 heavy (non-hydrogen) atoms. The minimum atomic E-state index is -0.196. The lowest BCUT2D eigenvalue weighted by atomic mass is 9.67. The van der Waals surface area contributed by atoms with Crippen molar-refractivity contribution in [3.8, 4) is 0 Å². The number of esters is 1. The molecule has 0 N–H and O–H groups in total. The first kappa shape index (κ1) is 21.2. The van der Waals surface area contributed by atoms with E-state index in [1.807, 2.05) is 0 Å². The Labute approximate surface area is 168 Å². The molecule has 0 amide bonds. The Hall–Kier alpha value is -0.530. The van der Waals surface area contributed by atoms with Crippen LogP contribution in [-0.4, -0.2) is 12.1 Å². The maximum Gasteiger partial charge on any atom is 0.312 e. The van der Waals surface area contributed by atoms with E-state index in [0.29, 0.717) is 29.1 Å². The second-order valence-electron chi connectivity index (χ2n) is 11.9. The van der Waals surface area contributed by atoms with Crippen LogP contribution >= 0.6 is 0 Å². The molecule has 2 heteroatoms. The zero-order chi connectivity index (χ0) is 20.1. The van der Waals surface area contributed by atoms with Crippen LogP contribution in [0.3, 0.4) is 0 Å². The van der Waals surface area contributed by atoms with E-state index in [9.17, 15) is 4.79 Å². The van der Waals surface area contributed by atoms with Gasteiger partial charge >= 0.3 is 5.97 Å². The average Bonchev–Trinajstić information content (AvgIpc) is 3.33. The van der Waals surface area contributed by atoms with Crippen LogP contribution in [-0.2, 0) is 9.53 Å². The maximum absolute atomic E-state index is 13.0. The van der Waals surface area contributed by atoms with Crippen LogP contribution in [0, 0.1) is 52.3 Å². The van der Waals surface area contributed by atoms with Crippen molar-refractivity contribution >= 4 is 5.97 Å². The van der Waals surface area contributed by atoms with Gasteiger partial charge in [0.25, 0.3) is 0 Å². The number of hydrogen-bond acceptors (Lipinski definition) is 2. The van der Waals surface area contributed by atoms with E-state index in [4.69, 9.17) is 4.74 Å². The average molecular weight is 377 g/mol. The van der Waals surface area contributed by atoms with Crippen molar-refractivity contribution in [3.63, 3.8) is 0 Å². The SMILES string of the molecule is CC1C2CC(C1C)C(C)(C(=O)OC1C3CCC(C3)C1C)C2.CCC(C)(C)C. The molecule has 4 aliphatic rings. The monoisotopic (exact) mass is 376 g/mol. The second-order valence-corrected chi connectivity index (χ2v) is 11.9. The zero-order valence-corrected chi connectivity index (χ0v) is 19.2. The Kier molecular flexibility index (Phi) is 5.79. The van der Waals surface area contributed by atoms with Crippen molar-refractivity contribution in [1.29, 1.82) is 0 Å². The highest BCUT2D eigenvalue weighted by molar-refractivity contribution is 5.78. The van der Waals surface area contributed by atoms with Gasteiger partial charge in [-0.05, 0) is 85.9 Å². The van der Waals surface area contributed by atoms with Crippen molar-refractivity contribution in [2.24, 2.45) is 52.3 Å². The quantitative estimate of drug-likeness (QED) is 0.500. The molecule has 9 unspecified atom stereocenters. The lowest BCUT2D eigenvalue weighted by Gasteiger charge is -2.40. The van der Waals surface area contributed by atoms with Gasteiger partial charge in [0.05, 0.1) is 5.41 Å². The summed E-state index contributed by atoms with van der Waals surface area (Å²) in [5.74, 6) is 4.98. The summed E-state index contributed by atoms with van der Waals surface area (Å²) in [4.78, 5) is 13.0. The summed E-state index contributed by atoms with van der Waals surface area (Å²) in [6.07, 6.45) is 7.75. The Morgan fingerprint density at radius 3 is 2.00 bits per heavy atom. The molecule has 0 spiro atoms. The summed E-state index contributed by atoms with van der Waals surface area (Å²) in [7, 11) is 0. The molecule has 0 aromatic rings. The van der Waals surface area contributed by atoms with Gasteiger partial charge in [0, 0.05) is 0 Å². The van der Waals surface area contributed by atoms with E-state index in [1.165, 1.54) is 32.1 Å². The number of rotatable bonds is 2. The van der Waals surface area contributed by atoms with E-state index >= 15 is 0 Å². The topological polar surface area (TPSA) is 26.3 Å². The molecule has 156 valence electrons. The van der Waals surface area contributed by atoms with Gasteiger partial charge in [-0.15, -0.1) is 0 Å². The fraction of sp³-hybridized carbons (Fsp3) is 0.960. The predicted molar refractivity (Wildman–Crippen MR) is 112 cm³/mol. The second kappa shape index (κ2) is 7.38. The molecule has 0 aromatic heterocycles. The lowest BCUT2D eigenvalue weighted by Crippen LogP contribution is -2.43. The zero-order valence-electron chi connectivity index (χ0n) is 19.2. The van der Waals surface area contributed by atoms with Crippen LogP contribution in [0.4, 0.5) is 0 Å². The molecule has 0 radical (unpaired) electrons. The van der Waals surface area contributed by atoms with E-state index in [0.717, 1.165) is 24.2 Å². The minimum Gasteiger partial charge on any atom is -0.461 e. The predicted octanol–water partition coefficient (Wildman–Crippen LogP) is 6.73. The van der Waals surface area contributed by atoms with Gasteiger partial charge in [-0.2, -0.15) is 0 Å². The van der Waals surface area contributed by atoms with Gasteiger partial charge in [0.15, 0.2) is 0 Å². The summed E-state index contributed by atoms with van der Waals surface area (Å²) in [6, 6.07) is 0. The van der Waals surface area contributed by atoms with Gasteiger partial charge < -0.3 is 4.74 Å². The van der Waals surface area contributed by atoms with E-state index in [-0.39, 0.29) is 17.5 Å². The lowest BCUT2D eigenvalue weighted by molar-refractivity contribution is -0.171. The number of fused-ring (bicyclic) bond motifs is 4. The van der Waals surface area contributed by atoms with Crippen molar-refractivity contribution in [2.45, 2.75) is 100 Å². The first-order valence-corrected chi connectivity index (χ1v) is 11.7. The molecule has 0 heterocycles. The van der Waals surface area contributed by atoms with Crippen LogP contribution in [0.2, 0.25) is 0 Å². The highest BCUT2D eigenvalue weighted by Crippen LogP contribution is 2.62. The molecule has 4 bridgehead atoms. The van der Waals surface area contributed by atoms with Gasteiger partial charge in [0.2, 0.25) is 0 Å². The van der Waals surface area contributed by atoms with Crippen LogP contribution in [0.5, 0.6) is 0 Å². The van der Waals surface area contributed by atoms with Crippen molar-refractivity contribution in [1.82, 2.24) is 0 Å². The number of ether oxygens (including phenoxy) is 1.